The van der Waals surface area contributed by atoms with Crippen LogP contribution in [0.25, 0.3) is 0 Å². The summed E-state index contributed by atoms with van der Waals surface area (Å²) in [5.74, 6) is 0.944. The predicted octanol–water partition coefficient (Wildman–Crippen LogP) is 22.4. The van der Waals surface area contributed by atoms with Gasteiger partial charge in [0.2, 0.25) is 0 Å². The van der Waals surface area contributed by atoms with Crippen molar-refractivity contribution in [1.82, 2.24) is 0 Å². The van der Waals surface area contributed by atoms with E-state index in [1.54, 1.807) is 0 Å². The molecular formula is C77H150O17P2. The van der Waals surface area contributed by atoms with Gasteiger partial charge in [0.1, 0.15) is 19.3 Å². The number of hydrogen-bond acceptors (Lipinski definition) is 15. The highest BCUT2D eigenvalue weighted by Crippen LogP contribution is 2.45. The van der Waals surface area contributed by atoms with Crippen molar-refractivity contribution in [3.8, 4) is 0 Å². The van der Waals surface area contributed by atoms with Gasteiger partial charge >= 0.3 is 39.5 Å². The fourth-order valence-corrected chi connectivity index (χ4v) is 13.3. The van der Waals surface area contributed by atoms with Gasteiger partial charge in [-0.3, -0.25) is 37.3 Å². The van der Waals surface area contributed by atoms with Gasteiger partial charge in [-0.05, 0) is 49.4 Å². The summed E-state index contributed by atoms with van der Waals surface area (Å²) in [6.45, 7) is 14.2. The van der Waals surface area contributed by atoms with Crippen LogP contribution in [0, 0.1) is 23.7 Å². The average molecular weight is 1410 g/mol. The Morgan fingerprint density at radius 3 is 0.740 bits per heavy atom. The molecule has 0 amide bonds. The van der Waals surface area contributed by atoms with Gasteiger partial charge < -0.3 is 33.8 Å². The lowest BCUT2D eigenvalue weighted by molar-refractivity contribution is -0.161. The summed E-state index contributed by atoms with van der Waals surface area (Å²) >= 11 is 0. The molecule has 0 aliphatic carbocycles. The molecule has 0 aromatic rings. The van der Waals surface area contributed by atoms with Gasteiger partial charge in [-0.15, -0.1) is 0 Å². The van der Waals surface area contributed by atoms with Crippen LogP contribution in [0.3, 0.4) is 0 Å². The van der Waals surface area contributed by atoms with Crippen LogP contribution in [0.2, 0.25) is 0 Å². The topological polar surface area (TPSA) is 237 Å². The minimum Gasteiger partial charge on any atom is -0.462 e. The number of phosphoric acid groups is 2. The predicted molar refractivity (Wildman–Crippen MR) is 391 cm³/mol. The molecule has 0 saturated heterocycles. The van der Waals surface area contributed by atoms with E-state index in [2.05, 4.69) is 55.4 Å². The smallest absolute Gasteiger partial charge is 0.462 e. The first-order chi connectivity index (χ1) is 46.1. The molecule has 0 spiro atoms. The number of phosphoric ester groups is 2. The van der Waals surface area contributed by atoms with Crippen molar-refractivity contribution < 1.29 is 80.2 Å². The second kappa shape index (κ2) is 66.3. The van der Waals surface area contributed by atoms with Crippen LogP contribution in [0.4, 0.5) is 0 Å². The van der Waals surface area contributed by atoms with Gasteiger partial charge in [-0.25, -0.2) is 9.13 Å². The van der Waals surface area contributed by atoms with Gasteiger partial charge in [0, 0.05) is 25.7 Å². The number of unbranched alkanes of at least 4 members (excludes halogenated alkanes) is 39. The highest BCUT2D eigenvalue weighted by molar-refractivity contribution is 7.47. The minimum atomic E-state index is -4.96. The Hall–Kier alpha value is -1.94. The molecule has 0 fully saturated rings. The van der Waals surface area contributed by atoms with E-state index in [9.17, 15) is 43.2 Å². The molecule has 0 heterocycles. The lowest BCUT2D eigenvalue weighted by atomic mass is 10.00. The van der Waals surface area contributed by atoms with Crippen molar-refractivity contribution in [1.29, 1.82) is 0 Å². The maximum absolute atomic E-state index is 13.1. The minimum absolute atomic E-state index is 0.106. The molecule has 3 unspecified atom stereocenters. The van der Waals surface area contributed by atoms with Crippen molar-refractivity contribution in [2.75, 3.05) is 39.6 Å². The van der Waals surface area contributed by atoms with Crippen molar-refractivity contribution in [2.24, 2.45) is 23.7 Å². The third-order valence-corrected chi connectivity index (χ3v) is 20.1. The Kier molecular flexibility index (Phi) is 65.0. The molecule has 19 heteroatoms. The highest BCUT2D eigenvalue weighted by atomic mass is 31.2. The molecule has 0 aliphatic heterocycles. The summed E-state index contributed by atoms with van der Waals surface area (Å²) in [4.78, 5) is 72.9. The van der Waals surface area contributed by atoms with Crippen molar-refractivity contribution >= 4 is 39.5 Å². The summed E-state index contributed by atoms with van der Waals surface area (Å²) in [5, 5.41) is 10.6. The van der Waals surface area contributed by atoms with E-state index >= 15 is 0 Å². The zero-order valence-electron chi connectivity index (χ0n) is 63.0. The maximum atomic E-state index is 13.1. The molecule has 0 saturated carbocycles. The van der Waals surface area contributed by atoms with Crippen molar-refractivity contribution in [3.63, 3.8) is 0 Å². The number of aliphatic hydroxyl groups is 1. The lowest BCUT2D eigenvalue weighted by Gasteiger charge is -2.21. The zero-order chi connectivity index (χ0) is 71.0. The van der Waals surface area contributed by atoms with Gasteiger partial charge in [0.05, 0.1) is 26.4 Å². The second-order valence-electron chi connectivity index (χ2n) is 29.4. The molecule has 0 rings (SSSR count). The van der Waals surface area contributed by atoms with Crippen LogP contribution in [0.5, 0.6) is 0 Å². The number of carbonyl (C=O) groups excluding carboxylic acids is 4. The summed E-state index contributed by atoms with van der Waals surface area (Å²) in [6.07, 6.45) is 51.4. The van der Waals surface area contributed by atoms with Gasteiger partial charge in [-0.1, -0.05) is 338 Å². The molecular weight excluding hydrogens is 1260 g/mol. The number of ether oxygens (including phenoxy) is 4. The SMILES string of the molecule is CCC(C)CCCCCCCCC(=O)OC[C@H](COP(=O)(O)OC[C@H](O)COP(=O)(O)OC[C@@H](COC(=O)CCCCCCCCCCCC(C)C)OC(=O)CCCCCCCCCCCCCCCCCC(C)C)OC(=O)CCCCCCCCCCCCCCCC(C)C. The number of aliphatic hydroxyl groups excluding tert-OH is 1. The van der Waals surface area contributed by atoms with E-state index < -0.39 is 97.5 Å². The second-order valence-corrected chi connectivity index (χ2v) is 32.3. The maximum Gasteiger partial charge on any atom is 0.472 e. The number of rotatable bonds is 74. The monoisotopic (exact) mass is 1410 g/mol. The van der Waals surface area contributed by atoms with Crippen LogP contribution in [-0.2, 0) is 65.4 Å². The first-order valence-electron chi connectivity index (χ1n) is 39.7. The van der Waals surface area contributed by atoms with E-state index in [-0.39, 0.29) is 25.7 Å². The fraction of sp³-hybridized carbons (Fsp3) is 0.948. The molecule has 17 nitrogen and oxygen atoms in total. The van der Waals surface area contributed by atoms with Gasteiger partial charge in [0.25, 0.3) is 0 Å². The molecule has 96 heavy (non-hydrogen) atoms. The molecule has 570 valence electrons. The molecule has 0 bridgehead atoms. The Morgan fingerprint density at radius 1 is 0.292 bits per heavy atom. The lowest BCUT2D eigenvalue weighted by Crippen LogP contribution is -2.30. The standard InChI is InChI=1S/C77H150O17P2/c1-9-70(8)56-48-40-35-36-42-50-58-75(80)88-64-73(94-77(82)60-52-44-34-27-21-17-13-15-19-24-30-38-46-54-68(4)5)66-92-96(85,86)90-62-71(78)61-89-95(83,84)91-65-72(63-87-74(79)57-49-41-32-28-22-25-31-39-47-55-69(6)7)93-76(81)59-51-43-33-26-20-16-12-10-11-14-18-23-29-37-45-53-67(2)3/h67-73,78H,9-66H2,1-8H3,(H,83,84)(H,85,86)/t70?,71-,72-,73-/m1/s1. The first-order valence-corrected chi connectivity index (χ1v) is 42.7. The Labute approximate surface area is 588 Å². The van der Waals surface area contributed by atoms with Crippen LogP contribution < -0.4 is 0 Å². The summed E-state index contributed by atoms with van der Waals surface area (Å²) in [7, 11) is -9.92. The molecule has 0 aromatic carbocycles. The van der Waals surface area contributed by atoms with E-state index in [0.29, 0.717) is 25.7 Å². The third-order valence-electron chi connectivity index (χ3n) is 18.2. The molecule has 0 aromatic heterocycles. The average Bonchev–Trinajstić information content (AvgIpc) is 1.22. The molecule has 0 aliphatic rings. The molecule has 3 N–H and O–H groups in total. The van der Waals surface area contributed by atoms with Crippen molar-refractivity contribution in [3.05, 3.63) is 0 Å². The van der Waals surface area contributed by atoms with Gasteiger partial charge in [-0.2, -0.15) is 0 Å². The number of hydrogen-bond donors (Lipinski definition) is 3. The van der Waals surface area contributed by atoms with Crippen LogP contribution in [-0.4, -0.2) is 96.7 Å². The Morgan fingerprint density at radius 2 is 0.500 bits per heavy atom. The normalized spacial score (nSPS) is 14.4. The van der Waals surface area contributed by atoms with E-state index in [4.69, 9.17) is 37.0 Å². The van der Waals surface area contributed by atoms with E-state index in [0.717, 1.165) is 120 Å². The summed E-state index contributed by atoms with van der Waals surface area (Å²) < 4.78 is 68.6. The molecule has 0 radical (unpaired) electrons. The van der Waals surface area contributed by atoms with Gasteiger partial charge in [0.15, 0.2) is 12.2 Å². The largest absolute Gasteiger partial charge is 0.472 e. The fourth-order valence-electron chi connectivity index (χ4n) is 11.7. The van der Waals surface area contributed by atoms with E-state index in [1.165, 1.54) is 186 Å². The van der Waals surface area contributed by atoms with Crippen LogP contribution in [0.15, 0.2) is 0 Å². The quantitative estimate of drug-likeness (QED) is 0.0222. The van der Waals surface area contributed by atoms with Crippen LogP contribution >= 0.6 is 15.6 Å². The Bertz CT molecular complexity index is 1890. The summed E-state index contributed by atoms with van der Waals surface area (Å²) in [6, 6.07) is 0. The van der Waals surface area contributed by atoms with E-state index in [1.807, 2.05) is 0 Å². The van der Waals surface area contributed by atoms with Crippen molar-refractivity contribution in [2.45, 2.75) is 408 Å². The number of carbonyl (C=O) groups is 4. The van der Waals surface area contributed by atoms with Crippen LogP contribution in [0.1, 0.15) is 389 Å². The highest BCUT2D eigenvalue weighted by Gasteiger charge is 2.30. The number of esters is 4. The molecule has 6 atom stereocenters. The summed E-state index contributed by atoms with van der Waals surface area (Å²) in [5.41, 5.74) is 0. The Balaban J connectivity index is 5.24. The zero-order valence-corrected chi connectivity index (χ0v) is 64.8. The third kappa shape index (κ3) is 69.2. The first kappa shape index (κ1) is 94.1.